The van der Waals surface area contributed by atoms with Gasteiger partial charge >= 0.3 is 0 Å². The van der Waals surface area contributed by atoms with E-state index in [1.807, 2.05) is 30.3 Å². The lowest BCUT2D eigenvalue weighted by atomic mass is 10.0. The Bertz CT molecular complexity index is 1740. The molecule has 0 fully saturated rings. The van der Waals surface area contributed by atoms with Crippen molar-refractivity contribution in [3.63, 3.8) is 0 Å². The van der Waals surface area contributed by atoms with Gasteiger partial charge in [0.25, 0.3) is 10.0 Å². The van der Waals surface area contributed by atoms with Crippen LogP contribution in [0.3, 0.4) is 0 Å². The molecule has 0 aliphatic heterocycles. The first-order chi connectivity index (χ1) is 21.6. The number of likely N-dealkylation sites (N-methyl/N-ethyl adjacent to an activating group) is 1. The number of sulfonamides is 1. The maximum Gasteiger partial charge on any atom is 0.264 e. The van der Waals surface area contributed by atoms with Gasteiger partial charge in [-0.1, -0.05) is 77.8 Å². The first-order valence-corrected chi connectivity index (χ1v) is 16.1. The maximum atomic E-state index is 14.5. The van der Waals surface area contributed by atoms with E-state index in [0.29, 0.717) is 16.3 Å². The molecule has 1 atom stereocenters. The van der Waals surface area contributed by atoms with Crippen LogP contribution in [0.15, 0.2) is 102 Å². The molecule has 4 aromatic carbocycles. The van der Waals surface area contributed by atoms with E-state index in [1.165, 1.54) is 44.4 Å². The number of benzene rings is 4. The molecular weight excluding hydrogens is 637 g/mol. The Morgan fingerprint density at radius 3 is 2.09 bits per heavy atom. The molecule has 1 unspecified atom stereocenters. The molecular formula is C33H33Cl2N3O6S. The molecule has 0 aliphatic rings. The number of carbonyl (C=O) groups excluding carboxylic acids is 2. The second-order valence-electron chi connectivity index (χ2n) is 9.95. The molecule has 0 aromatic heterocycles. The molecule has 0 radical (unpaired) electrons. The Labute approximate surface area is 273 Å². The molecule has 0 saturated heterocycles. The average Bonchev–Trinajstić information content (AvgIpc) is 3.06. The number of ether oxygens (including phenoxy) is 2. The Kier molecular flexibility index (Phi) is 11.3. The van der Waals surface area contributed by atoms with Crippen LogP contribution in [0.4, 0.5) is 5.69 Å². The van der Waals surface area contributed by atoms with E-state index in [4.69, 9.17) is 32.7 Å². The molecule has 0 saturated carbocycles. The highest BCUT2D eigenvalue weighted by Gasteiger charge is 2.35. The fourth-order valence-corrected chi connectivity index (χ4v) is 6.54. The SMILES string of the molecule is CNC(=O)C(Cc1ccccc1)N(Cc1ccc(Cl)c(Cl)c1)C(=O)CN(c1cc(OC)ccc1OC)S(=O)(=O)c1ccccc1. The van der Waals surface area contributed by atoms with Crippen LogP contribution in [0.25, 0.3) is 0 Å². The minimum atomic E-state index is -4.32. The monoisotopic (exact) mass is 669 g/mol. The minimum absolute atomic E-state index is 0.0363. The average molecular weight is 671 g/mol. The second-order valence-corrected chi connectivity index (χ2v) is 12.6. The van der Waals surface area contributed by atoms with Crippen molar-refractivity contribution in [3.05, 3.63) is 118 Å². The third-order valence-corrected chi connectivity index (χ3v) is 9.63. The Balaban J connectivity index is 1.85. The van der Waals surface area contributed by atoms with E-state index in [-0.39, 0.29) is 34.3 Å². The van der Waals surface area contributed by atoms with Gasteiger partial charge in [-0.2, -0.15) is 0 Å². The van der Waals surface area contributed by atoms with Gasteiger partial charge in [0, 0.05) is 26.1 Å². The predicted octanol–water partition coefficient (Wildman–Crippen LogP) is 5.59. The topological polar surface area (TPSA) is 105 Å². The summed E-state index contributed by atoms with van der Waals surface area (Å²) in [7, 11) is 0.00588. The highest BCUT2D eigenvalue weighted by Crippen LogP contribution is 2.36. The molecule has 0 bridgehead atoms. The fraction of sp³-hybridized carbons (Fsp3) is 0.212. The van der Waals surface area contributed by atoms with Gasteiger partial charge in [-0.3, -0.25) is 13.9 Å². The summed E-state index contributed by atoms with van der Waals surface area (Å²) in [5.41, 5.74) is 1.49. The third-order valence-electron chi connectivity index (χ3n) is 7.12. The summed E-state index contributed by atoms with van der Waals surface area (Å²) in [6.07, 6.45) is 0.168. The standard InChI is InChI=1S/C33H33Cl2N3O6S/c1-36-33(40)30(19-23-10-6-4-7-11-23)37(21-24-14-16-27(34)28(35)18-24)32(39)22-38(45(41,42)26-12-8-5-9-13-26)29-20-25(43-2)15-17-31(29)44-3/h4-18,20,30H,19,21-22H2,1-3H3,(H,36,40). The number of amides is 2. The molecule has 45 heavy (non-hydrogen) atoms. The predicted molar refractivity (Wildman–Crippen MR) is 176 cm³/mol. The highest BCUT2D eigenvalue weighted by atomic mass is 35.5. The molecule has 4 aromatic rings. The summed E-state index contributed by atoms with van der Waals surface area (Å²) in [5.74, 6) is -0.517. The number of rotatable bonds is 13. The van der Waals surface area contributed by atoms with E-state index in [2.05, 4.69) is 5.32 Å². The number of nitrogens with one attached hydrogen (secondary N) is 1. The first kappa shape index (κ1) is 33.6. The van der Waals surface area contributed by atoms with Crippen LogP contribution >= 0.6 is 23.2 Å². The Hall–Kier alpha value is -4.25. The third kappa shape index (κ3) is 8.08. The van der Waals surface area contributed by atoms with Crippen LogP contribution in [-0.4, -0.2) is 59.0 Å². The van der Waals surface area contributed by atoms with Crippen LogP contribution < -0.4 is 19.1 Å². The highest BCUT2D eigenvalue weighted by molar-refractivity contribution is 7.92. The molecule has 0 heterocycles. The second kappa shape index (κ2) is 15.2. The molecule has 2 amide bonds. The zero-order valence-electron chi connectivity index (χ0n) is 24.9. The van der Waals surface area contributed by atoms with E-state index in [9.17, 15) is 18.0 Å². The van der Waals surface area contributed by atoms with Gasteiger partial charge in [0.05, 0.1) is 34.8 Å². The molecule has 0 spiro atoms. The summed E-state index contributed by atoms with van der Waals surface area (Å²) < 4.78 is 40.3. The largest absolute Gasteiger partial charge is 0.497 e. The van der Waals surface area contributed by atoms with Crippen LogP contribution in [0.5, 0.6) is 11.5 Å². The molecule has 1 N–H and O–H groups in total. The van der Waals surface area contributed by atoms with E-state index in [1.54, 1.807) is 48.5 Å². The van der Waals surface area contributed by atoms with Crippen molar-refractivity contribution < 1.29 is 27.5 Å². The quantitative estimate of drug-likeness (QED) is 0.199. The summed E-state index contributed by atoms with van der Waals surface area (Å²) >= 11 is 12.5. The minimum Gasteiger partial charge on any atom is -0.497 e. The van der Waals surface area contributed by atoms with Crippen LogP contribution in [-0.2, 0) is 32.6 Å². The van der Waals surface area contributed by atoms with Gasteiger partial charge in [0.2, 0.25) is 11.8 Å². The smallest absolute Gasteiger partial charge is 0.264 e. The number of carbonyl (C=O) groups is 2. The van der Waals surface area contributed by atoms with Crippen molar-refractivity contribution in [1.82, 2.24) is 10.2 Å². The molecule has 9 nitrogen and oxygen atoms in total. The fourth-order valence-electron chi connectivity index (χ4n) is 4.78. The number of halogens is 2. The van der Waals surface area contributed by atoms with Crippen LogP contribution in [0, 0.1) is 0 Å². The number of nitrogens with zero attached hydrogens (tertiary/aromatic N) is 2. The lowest BCUT2D eigenvalue weighted by Crippen LogP contribution is -2.53. The van der Waals surface area contributed by atoms with Gasteiger partial charge in [0.1, 0.15) is 24.1 Å². The lowest BCUT2D eigenvalue weighted by molar-refractivity contribution is -0.139. The van der Waals surface area contributed by atoms with Crippen molar-refractivity contribution in [2.45, 2.75) is 23.9 Å². The number of anilines is 1. The van der Waals surface area contributed by atoms with Crippen molar-refractivity contribution in [1.29, 1.82) is 0 Å². The summed E-state index contributed by atoms with van der Waals surface area (Å²) in [6.45, 7) is -0.723. The molecule has 4 rings (SSSR count). The van der Waals surface area contributed by atoms with Gasteiger partial charge in [-0.25, -0.2) is 8.42 Å². The van der Waals surface area contributed by atoms with Gasteiger partial charge < -0.3 is 19.7 Å². The number of hydrogen-bond acceptors (Lipinski definition) is 6. The summed E-state index contributed by atoms with van der Waals surface area (Å²) in [5, 5.41) is 3.26. The van der Waals surface area contributed by atoms with E-state index >= 15 is 0 Å². The van der Waals surface area contributed by atoms with Gasteiger partial charge in [-0.05, 0) is 47.5 Å². The van der Waals surface area contributed by atoms with Crippen molar-refractivity contribution in [2.75, 3.05) is 32.1 Å². The van der Waals surface area contributed by atoms with Gasteiger partial charge in [-0.15, -0.1) is 0 Å². The maximum absolute atomic E-state index is 14.5. The van der Waals surface area contributed by atoms with E-state index < -0.39 is 34.4 Å². The first-order valence-electron chi connectivity index (χ1n) is 13.9. The summed E-state index contributed by atoms with van der Waals surface area (Å²) in [6, 6.07) is 25.5. The Morgan fingerprint density at radius 1 is 0.822 bits per heavy atom. The number of hydrogen-bond donors (Lipinski definition) is 1. The Morgan fingerprint density at radius 2 is 1.49 bits per heavy atom. The van der Waals surface area contributed by atoms with Crippen LogP contribution in [0.1, 0.15) is 11.1 Å². The number of methoxy groups -OCH3 is 2. The lowest BCUT2D eigenvalue weighted by Gasteiger charge is -2.34. The van der Waals surface area contributed by atoms with Crippen LogP contribution in [0.2, 0.25) is 10.0 Å². The molecule has 0 aliphatic carbocycles. The molecule has 12 heteroatoms. The van der Waals surface area contributed by atoms with Crippen molar-refractivity contribution in [3.8, 4) is 11.5 Å². The van der Waals surface area contributed by atoms with Crippen molar-refractivity contribution >= 4 is 50.7 Å². The van der Waals surface area contributed by atoms with Crippen molar-refractivity contribution in [2.24, 2.45) is 0 Å². The molecule has 236 valence electrons. The zero-order chi connectivity index (χ0) is 32.6. The normalized spacial score (nSPS) is 11.8. The van der Waals surface area contributed by atoms with E-state index in [0.717, 1.165) is 9.87 Å². The zero-order valence-corrected chi connectivity index (χ0v) is 27.3. The van der Waals surface area contributed by atoms with Gasteiger partial charge in [0.15, 0.2) is 0 Å². The summed E-state index contributed by atoms with van der Waals surface area (Å²) in [4.78, 5) is 29.2.